The number of rotatable bonds is 3. The van der Waals surface area contributed by atoms with Crippen LogP contribution in [-0.2, 0) is 4.79 Å². The normalized spacial score (nSPS) is 20.4. The summed E-state index contributed by atoms with van der Waals surface area (Å²) in [6.45, 7) is 2.22. The number of thiazole rings is 1. The molecule has 5 nitrogen and oxygen atoms in total. The smallest absolute Gasteiger partial charge is 0.263 e. The Bertz CT molecular complexity index is 775. The summed E-state index contributed by atoms with van der Waals surface area (Å²) in [5.41, 5.74) is -0.410. The zero-order valence-corrected chi connectivity index (χ0v) is 13.7. The molecule has 2 amide bonds. The van der Waals surface area contributed by atoms with Gasteiger partial charge in [-0.3, -0.25) is 9.59 Å². The lowest BCUT2D eigenvalue weighted by Gasteiger charge is -2.21. The van der Waals surface area contributed by atoms with Crippen LogP contribution in [0, 0.1) is 5.82 Å². The Balaban J connectivity index is 1.81. The minimum Gasteiger partial charge on any atom is -0.354 e. The molecule has 1 aliphatic rings. The number of amides is 2. The summed E-state index contributed by atoms with van der Waals surface area (Å²) in [4.78, 5) is 28.6. The molecule has 1 fully saturated rings. The van der Waals surface area contributed by atoms with Crippen LogP contribution in [0.15, 0.2) is 24.4 Å². The topological polar surface area (TPSA) is 71.1 Å². The maximum atomic E-state index is 13.4. The van der Waals surface area contributed by atoms with Crippen molar-refractivity contribution in [3.05, 3.63) is 40.1 Å². The molecule has 120 valence electrons. The third kappa shape index (κ3) is 3.20. The van der Waals surface area contributed by atoms with Crippen molar-refractivity contribution in [1.82, 2.24) is 15.6 Å². The molecule has 0 spiro atoms. The van der Waals surface area contributed by atoms with E-state index in [4.69, 9.17) is 11.6 Å². The summed E-state index contributed by atoms with van der Waals surface area (Å²) < 4.78 is 13.4. The average Bonchev–Trinajstić information content (AvgIpc) is 3.06. The van der Waals surface area contributed by atoms with Crippen LogP contribution in [0.3, 0.4) is 0 Å². The Labute approximate surface area is 140 Å². The van der Waals surface area contributed by atoms with E-state index in [9.17, 15) is 14.0 Å². The van der Waals surface area contributed by atoms with Crippen LogP contribution in [-0.4, -0.2) is 28.9 Å². The maximum absolute atomic E-state index is 13.4. The number of aromatic nitrogens is 1. The van der Waals surface area contributed by atoms with Crippen LogP contribution in [0.4, 0.5) is 4.39 Å². The molecule has 3 rings (SSSR count). The zero-order valence-electron chi connectivity index (χ0n) is 12.2. The van der Waals surface area contributed by atoms with Crippen LogP contribution in [0.1, 0.15) is 23.0 Å². The number of hydrogen-bond donors (Lipinski definition) is 2. The van der Waals surface area contributed by atoms with E-state index in [1.807, 2.05) is 0 Å². The molecule has 2 N–H and O–H groups in total. The predicted octanol–water partition coefficient (Wildman–Crippen LogP) is 2.61. The number of nitrogens with one attached hydrogen (secondary N) is 2. The van der Waals surface area contributed by atoms with Crippen LogP contribution in [0.5, 0.6) is 0 Å². The number of carbonyl (C=O) groups excluding carboxylic acids is 2. The second-order valence-corrected chi connectivity index (χ2v) is 6.95. The second kappa shape index (κ2) is 5.90. The van der Waals surface area contributed by atoms with Crippen molar-refractivity contribution in [1.29, 1.82) is 0 Å². The van der Waals surface area contributed by atoms with Crippen molar-refractivity contribution in [3.63, 3.8) is 0 Å². The summed E-state index contributed by atoms with van der Waals surface area (Å²) >= 11 is 6.94. The van der Waals surface area contributed by atoms with E-state index in [1.165, 1.54) is 18.3 Å². The van der Waals surface area contributed by atoms with Gasteiger partial charge in [-0.1, -0.05) is 11.6 Å². The zero-order chi connectivity index (χ0) is 16.6. The van der Waals surface area contributed by atoms with Crippen molar-refractivity contribution in [3.8, 4) is 10.6 Å². The third-order valence-electron chi connectivity index (χ3n) is 3.64. The van der Waals surface area contributed by atoms with E-state index < -0.39 is 11.4 Å². The molecule has 0 aliphatic carbocycles. The number of carbonyl (C=O) groups is 2. The first kappa shape index (κ1) is 15.9. The first-order chi connectivity index (χ1) is 10.9. The molecule has 1 unspecified atom stereocenters. The molecule has 1 aromatic carbocycles. The molecule has 2 aromatic rings. The highest BCUT2D eigenvalue weighted by molar-refractivity contribution is 7.16. The molecule has 8 heteroatoms. The summed E-state index contributed by atoms with van der Waals surface area (Å²) in [5.74, 6) is -1.05. The molecular weight excluding hydrogens is 341 g/mol. The van der Waals surface area contributed by atoms with Crippen molar-refractivity contribution < 1.29 is 14.0 Å². The molecular formula is C15H13ClFN3O2S. The summed E-state index contributed by atoms with van der Waals surface area (Å²) in [6.07, 6.45) is 1.94. The molecule has 23 heavy (non-hydrogen) atoms. The lowest BCUT2D eigenvalue weighted by molar-refractivity contribution is -0.123. The Morgan fingerprint density at radius 1 is 1.48 bits per heavy atom. The van der Waals surface area contributed by atoms with Gasteiger partial charge in [0.1, 0.15) is 21.2 Å². The van der Waals surface area contributed by atoms with Gasteiger partial charge in [0.25, 0.3) is 5.91 Å². The van der Waals surface area contributed by atoms with Gasteiger partial charge in [0.2, 0.25) is 5.91 Å². The van der Waals surface area contributed by atoms with Gasteiger partial charge in [0, 0.05) is 17.1 Å². The fraction of sp³-hybridized carbons (Fsp3) is 0.267. The monoisotopic (exact) mass is 353 g/mol. The Kier molecular flexibility index (Phi) is 4.08. The number of halogens is 2. The average molecular weight is 354 g/mol. The van der Waals surface area contributed by atoms with Gasteiger partial charge < -0.3 is 10.6 Å². The van der Waals surface area contributed by atoms with Gasteiger partial charge in [-0.05, 0) is 31.5 Å². The van der Waals surface area contributed by atoms with E-state index in [0.29, 0.717) is 28.4 Å². The van der Waals surface area contributed by atoms with E-state index in [-0.39, 0.29) is 16.8 Å². The molecule has 0 bridgehead atoms. The lowest BCUT2D eigenvalue weighted by atomic mass is 10.0. The predicted molar refractivity (Wildman–Crippen MR) is 86.0 cm³/mol. The van der Waals surface area contributed by atoms with Crippen molar-refractivity contribution in [2.45, 2.75) is 18.9 Å². The third-order valence-corrected chi connectivity index (χ3v) is 4.90. The van der Waals surface area contributed by atoms with E-state index in [1.54, 1.807) is 13.0 Å². The second-order valence-electron chi connectivity index (χ2n) is 5.48. The summed E-state index contributed by atoms with van der Waals surface area (Å²) in [7, 11) is 0. The minimum atomic E-state index is -0.913. The van der Waals surface area contributed by atoms with Crippen molar-refractivity contribution >= 4 is 34.8 Å². The Hall–Kier alpha value is -1.99. The van der Waals surface area contributed by atoms with Gasteiger partial charge in [-0.2, -0.15) is 0 Å². The number of hydrogen-bond acceptors (Lipinski definition) is 4. The molecule has 2 heterocycles. The standard InChI is InChI=1S/C15H13ClFN3O2S/c1-15(2-3-18-14(15)22)20-12(21)11-7-19-13(23-11)8-4-9(16)6-10(17)5-8/h4-7H,2-3H2,1H3,(H,18,22)(H,20,21). The molecule has 1 atom stereocenters. The Morgan fingerprint density at radius 3 is 2.91 bits per heavy atom. The summed E-state index contributed by atoms with van der Waals surface area (Å²) in [5, 5.41) is 6.16. The first-order valence-electron chi connectivity index (χ1n) is 6.90. The number of benzene rings is 1. The minimum absolute atomic E-state index is 0.201. The summed E-state index contributed by atoms with van der Waals surface area (Å²) in [6, 6.07) is 4.08. The highest BCUT2D eigenvalue weighted by atomic mass is 35.5. The van der Waals surface area contributed by atoms with E-state index in [2.05, 4.69) is 15.6 Å². The molecule has 0 saturated carbocycles. The van der Waals surface area contributed by atoms with Crippen LogP contribution < -0.4 is 10.6 Å². The lowest BCUT2D eigenvalue weighted by Crippen LogP contribution is -2.51. The van der Waals surface area contributed by atoms with Gasteiger partial charge in [-0.15, -0.1) is 11.3 Å². The maximum Gasteiger partial charge on any atom is 0.263 e. The van der Waals surface area contributed by atoms with E-state index >= 15 is 0 Å². The number of nitrogens with zero attached hydrogens (tertiary/aromatic N) is 1. The highest BCUT2D eigenvalue weighted by Gasteiger charge is 2.39. The highest BCUT2D eigenvalue weighted by Crippen LogP contribution is 2.28. The van der Waals surface area contributed by atoms with Gasteiger partial charge >= 0.3 is 0 Å². The van der Waals surface area contributed by atoms with Crippen LogP contribution in [0.25, 0.3) is 10.6 Å². The molecule has 1 aliphatic heterocycles. The fourth-order valence-corrected chi connectivity index (χ4v) is 3.38. The first-order valence-corrected chi connectivity index (χ1v) is 8.10. The SMILES string of the molecule is CC1(NC(=O)c2cnc(-c3cc(F)cc(Cl)c3)s2)CCNC1=O. The largest absolute Gasteiger partial charge is 0.354 e. The van der Waals surface area contributed by atoms with E-state index in [0.717, 1.165) is 11.3 Å². The van der Waals surface area contributed by atoms with Crippen molar-refractivity contribution in [2.75, 3.05) is 6.54 Å². The van der Waals surface area contributed by atoms with Crippen LogP contribution in [0.2, 0.25) is 5.02 Å². The van der Waals surface area contributed by atoms with Crippen molar-refractivity contribution in [2.24, 2.45) is 0 Å². The van der Waals surface area contributed by atoms with Crippen LogP contribution >= 0.6 is 22.9 Å². The fourth-order valence-electron chi connectivity index (χ4n) is 2.36. The Morgan fingerprint density at radius 2 is 2.26 bits per heavy atom. The molecule has 1 saturated heterocycles. The quantitative estimate of drug-likeness (QED) is 0.891. The molecule has 0 radical (unpaired) electrons. The molecule has 1 aromatic heterocycles. The van der Waals surface area contributed by atoms with Gasteiger partial charge in [0.15, 0.2) is 0 Å². The van der Waals surface area contributed by atoms with Gasteiger partial charge in [-0.25, -0.2) is 9.37 Å². The van der Waals surface area contributed by atoms with Gasteiger partial charge in [0.05, 0.1) is 6.20 Å².